The Balaban J connectivity index is 3.45. The van der Waals surface area contributed by atoms with E-state index in [0.29, 0.717) is 6.42 Å². The van der Waals surface area contributed by atoms with Gasteiger partial charge in [-0.15, -0.1) is 0 Å². The molecule has 0 amide bonds. The lowest BCUT2D eigenvalue weighted by molar-refractivity contribution is 0.482. The quantitative estimate of drug-likeness (QED) is 0.241. The van der Waals surface area contributed by atoms with Gasteiger partial charge >= 0.3 is 0 Å². The van der Waals surface area contributed by atoms with Crippen LogP contribution in [0.15, 0.2) is 0 Å². The van der Waals surface area contributed by atoms with Crippen molar-refractivity contribution >= 4 is 17.4 Å². The van der Waals surface area contributed by atoms with E-state index >= 15 is 0 Å². The molecule has 3 nitrogen and oxygen atoms in total. The van der Waals surface area contributed by atoms with Crippen molar-refractivity contribution in [3.05, 3.63) is 0 Å². The van der Waals surface area contributed by atoms with Gasteiger partial charge in [0.05, 0.1) is 18.1 Å². The van der Waals surface area contributed by atoms with Gasteiger partial charge in [-0.1, -0.05) is 58.3 Å². The maximum absolute atomic E-state index is 10.7. The summed E-state index contributed by atoms with van der Waals surface area (Å²) in [5.41, 5.74) is 0. The van der Waals surface area contributed by atoms with Crippen LogP contribution < -0.4 is 0 Å². The topological polar surface area (TPSA) is 54.4 Å². The zero-order chi connectivity index (χ0) is 16.9. The van der Waals surface area contributed by atoms with Crippen LogP contribution in [0, 0.1) is 0 Å². The SMILES string of the molecule is CCCCCCCCCCCC[P+](C)(C)CCCS(=O)(=O)O. The number of hydrogen-bond donors (Lipinski definition) is 1. The lowest BCUT2D eigenvalue weighted by Gasteiger charge is -2.17. The molecule has 5 heteroatoms. The summed E-state index contributed by atoms with van der Waals surface area (Å²) in [6.45, 7) is 6.88. The fourth-order valence-electron chi connectivity index (χ4n) is 2.81. The summed E-state index contributed by atoms with van der Waals surface area (Å²) in [6.07, 6.45) is 16.4. The Kier molecular flexibility index (Phi) is 12.9. The second-order valence-electron chi connectivity index (χ2n) is 7.20. The number of hydrogen-bond acceptors (Lipinski definition) is 2. The summed E-state index contributed by atoms with van der Waals surface area (Å²) in [7, 11) is -4.75. The number of rotatable bonds is 15. The minimum absolute atomic E-state index is 0.0749. The van der Waals surface area contributed by atoms with Gasteiger partial charge in [0.25, 0.3) is 10.1 Å². The second kappa shape index (κ2) is 12.7. The highest BCUT2D eigenvalue weighted by molar-refractivity contribution is 7.85. The van der Waals surface area contributed by atoms with Gasteiger partial charge in [-0.3, -0.25) is 4.55 Å². The van der Waals surface area contributed by atoms with Gasteiger partial charge in [-0.25, -0.2) is 0 Å². The standard InChI is InChI=1S/C17H37O3PS/c1-4-5-6-7-8-9-10-11-12-13-15-21(2,3)16-14-17-22(18,19)20/h4-17H2,1-3H3/p+1. The summed E-state index contributed by atoms with van der Waals surface area (Å²) < 4.78 is 30.2. The predicted octanol–water partition coefficient (Wildman–Crippen LogP) is 5.46. The van der Waals surface area contributed by atoms with Crippen molar-refractivity contribution in [1.82, 2.24) is 0 Å². The van der Waals surface area contributed by atoms with Crippen LogP contribution >= 0.6 is 7.26 Å². The van der Waals surface area contributed by atoms with E-state index in [1.807, 2.05) is 0 Å². The second-order valence-corrected chi connectivity index (χ2v) is 13.5. The zero-order valence-electron chi connectivity index (χ0n) is 15.0. The van der Waals surface area contributed by atoms with Crippen LogP contribution in [0.2, 0.25) is 0 Å². The summed E-state index contributed by atoms with van der Waals surface area (Å²) >= 11 is 0. The zero-order valence-corrected chi connectivity index (χ0v) is 16.7. The Morgan fingerprint density at radius 2 is 1.14 bits per heavy atom. The van der Waals surface area contributed by atoms with Crippen LogP contribution in [0.4, 0.5) is 0 Å². The van der Waals surface area contributed by atoms with E-state index in [0.717, 1.165) is 6.16 Å². The van der Waals surface area contributed by atoms with Crippen LogP contribution in [0.3, 0.4) is 0 Å². The molecule has 0 aromatic rings. The molecule has 0 unspecified atom stereocenters. The Morgan fingerprint density at radius 3 is 1.59 bits per heavy atom. The first-order chi connectivity index (χ1) is 10.3. The molecular formula is C17H38O3PS+. The Labute approximate surface area is 139 Å². The Hall–Kier alpha value is 0.340. The molecule has 0 fully saturated rings. The van der Waals surface area contributed by atoms with Crippen molar-refractivity contribution in [2.75, 3.05) is 31.4 Å². The van der Waals surface area contributed by atoms with E-state index in [4.69, 9.17) is 4.55 Å². The highest BCUT2D eigenvalue weighted by Gasteiger charge is 2.24. The van der Waals surface area contributed by atoms with E-state index in [1.54, 1.807) is 0 Å². The molecular weight excluding hydrogens is 315 g/mol. The van der Waals surface area contributed by atoms with E-state index < -0.39 is 17.4 Å². The predicted molar refractivity (Wildman–Crippen MR) is 101 cm³/mol. The average Bonchev–Trinajstić information content (AvgIpc) is 2.39. The first-order valence-corrected chi connectivity index (χ1v) is 13.7. The maximum atomic E-state index is 10.7. The fourth-order valence-corrected chi connectivity index (χ4v) is 5.85. The van der Waals surface area contributed by atoms with Crippen molar-refractivity contribution in [2.45, 2.75) is 77.6 Å². The van der Waals surface area contributed by atoms with Gasteiger partial charge in [0.15, 0.2) is 0 Å². The molecule has 0 aromatic heterocycles. The van der Waals surface area contributed by atoms with Gasteiger partial charge in [-0.05, 0) is 19.3 Å². The molecule has 0 aliphatic rings. The largest absolute Gasteiger partial charge is 0.286 e. The molecule has 0 heterocycles. The minimum Gasteiger partial charge on any atom is -0.286 e. The molecule has 0 aliphatic heterocycles. The molecule has 0 spiro atoms. The molecule has 0 saturated carbocycles. The average molecular weight is 354 g/mol. The molecule has 0 aromatic carbocycles. The molecule has 0 atom stereocenters. The molecule has 0 aliphatic carbocycles. The van der Waals surface area contributed by atoms with E-state index in [-0.39, 0.29) is 5.75 Å². The van der Waals surface area contributed by atoms with Crippen molar-refractivity contribution in [2.24, 2.45) is 0 Å². The first-order valence-electron chi connectivity index (χ1n) is 9.04. The van der Waals surface area contributed by atoms with E-state index in [9.17, 15) is 8.42 Å². The summed E-state index contributed by atoms with van der Waals surface area (Å²) in [6, 6.07) is 0. The third-order valence-electron chi connectivity index (χ3n) is 4.28. The smallest absolute Gasteiger partial charge is 0.264 e. The van der Waals surface area contributed by atoms with Crippen LogP contribution in [-0.4, -0.2) is 44.4 Å². The molecule has 0 rings (SSSR count). The normalized spacial score (nSPS) is 12.7. The van der Waals surface area contributed by atoms with Crippen LogP contribution in [0.5, 0.6) is 0 Å². The fraction of sp³-hybridized carbons (Fsp3) is 1.00. The van der Waals surface area contributed by atoms with Crippen LogP contribution in [0.25, 0.3) is 0 Å². The third-order valence-corrected chi connectivity index (χ3v) is 8.14. The Bertz CT molecular complexity index is 353. The first kappa shape index (κ1) is 22.3. The maximum Gasteiger partial charge on any atom is 0.264 e. The lowest BCUT2D eigenvalue weighted by Crippen LogP contribution is -2.08. The van der Waals surface area contributed by atoms with Gasteiger partial charge in [0, 0.05) is 20.6 Å². The highest BCUT2D eigenvalue weighted by Crippen LogP contribution is 2.52. The molecule has 0 radical (unpaired) electrons. The summed E-state index contributed by atoms with van der Waals surface area (Å²) in [5, 5.41) is 0. The van der Waals surface area contributed by atoms with Gasteiger partial charge in [0.1, 0.15) is 0 Å². The highest BCUT2D eigenvalue weighted by atomic mass is 32.2. The van der Waals surface area contributed by atoms with Crippen molar-refractivity contribution in [3.63, 3.8) is 0 Å². The molecule has 0 bridgehead atoms. The minimum atomic E-state index is -3.77. The van der Waals surface area contributed by atoms with Crippen LogP contribution in [0.1, 0.15) is 77.6 Å². The molecule has 1 N–H and O–H groups in total. The molecule has 22 heavy (non-hydrogen) atoms. The van der Waals surface area contributed by atoms with Gasteiger partial charge in [-0.2, -0.15) is 8.42 Å². The summed E-state index contributed by atoms with van der Waals surface area (Å²) in [5.74, 6) is -0.0749. The lowest BCUT2D eigenvalue weighted by atomic mass is 10.1. The Morgan fingerprint density at radius 1 is 0.727 bits per heavy atom. The molecule has 0 saturated heterocycles. The van der Waals surface area contributed by atoms with Gasteiger partial charge < -0.3 is 0 Å². The summed E-state index contributed by atoms with van der Waals surface area (Å²) in [4.78, 5) is 0. The van der Waals surface area contributed by atoms with Gasteiger partial charge in [0.2, 0.25) is 0 Å². The van der Waals surface area contributed by atoms with Crippen molar-refractivity contribution in [3.8, 4) is 0 Å². The monoisotopic (exact) mass is 353 g/mol. The number of unbranched alkanes of at least 4 members (excludes halogenated alkanes) is 9. The van der Waals surface area contributed by atoms with Crippen molar-refractivity contribution in [1.29, 1.82) is 0 Å². The molecule has 134 valence electrons. The van der Waals surface area contributed by atoms with E-state index in [1.165, 1.54) is 70.4 Å². The van der Waals surface area contributed by atoms with Crippen LogP contribution in [-0.2, 0) is 10.1 Å². The third kappa shape index (κ3) is 16.7. The van der Waals surface area contributed by atoms with E-state index in [2.05, 4.69) is 20.3 Å². The van der Waals surface area contributed by atoms with Crippen molar-refractivity contribution < 1.29 is 13.0 Å².